The van der Waals surface area contributed by atoms with Crippen molar-refractivity contribution in [3.63, 3.8) is 0 Å². The lowest BCUT2D eigenvalue weighted by Crippen LogP contribution is -2.20. The molecular weight excluding hydrogens is 293 g/mol. The predicted molar refractivity (Wildman–Crippen MR) is 86.0 cm³/mol. The number of thiophene rings is 1. The van der Waals surface area contributed by atoms with E-state index in [1.807, 2.05) is 6.07 Å². The van der Waals surface area contributed by atoms with E-state index < -0.39 is 0 Å². The molecule has 0 radical (unpaired) electrons. The molecule has 0 fully saturated rings. The van der Waals surface area contributed by atoms with Gasteiger partial charge in [0.15, 0.2) is 0 Å². The molecule has 0 saturated carbocycles. The first kappa shape index (κ1) is 15.5. The Morgan fingerprint density at radius 1 is 1.25 bits per heavy atom. The number of rotatable bonds is 6. The summed E-state index contributed by atoms with van der Waals surface area (Å²) in [6.45, 7) is 5.34. The van der Waals surface area contributed by atoms with E-state index in [4.69, 9.17) is 11.6 Å². The zero-order valence-corrected chi connectivity index (χ0v) is 13.3. The third kappa shape index (κ3) is 3.81. The summed E-state index contributed by atoms with van der Waals surface area (Å²) in [5.74, 6) is -0.293. The van der Waals surface area contributed by atoms with Gasteiger partial charge in [0.25, 0.3) is 0 Å². The van der Waals surface area contributed by atoms with Crippen molar-refractivity contribution < 1.29 is 4.39 Å². The van der Waals surface area contributed by atoms with Gasteiger partial charge < -0.3 is 5.32 Å². The van der Waals surface area contributed by atoms with Gasteiger partial charge in [-0.25, -0.2) is 4.39 Å². The zero-order valence-electron chi connectivity index (χ0n) is 11.7. The van der Waals surface area contributed by atoms with E-state index in [1.54, 1.807) is 17.4 Å². The topological polar surface area (TPSA) is 12.0 Å². The predicted octanol–water partition coefficient (Wildman–Crippen LogP) is 5.66. The van der Waals surface area contributed by atoms with Crippen molar-refractivity contribution in [2.75, 3.05) is 6.54 Å². The Bertz CT molecular complexity index is 547. The van der Waals surface area contributed by atoms with E-state index in [0.29, 0.717) is 11.1 Å². The van der Waals surface area contributed by atoms with Crippen LogP contribution in [0.2, 0.25) is 5.02 Å². The fraction of sp³-hybridized carbons (Fsp3) is 0.375. The fourth-order valence-corrected chi connectivity index (χ4v) is 3.53. The van der Waals surface area contributed by atoms with Gasteiger partial charge in [-0.2, -0.15) is 0 Å². The van der Waals surface area contributed by atoms with Crippen LogP contribution < -0.4 is 5.32 Å². The Balaban J connectivity index is 2.23. The van der Waals surface area contributed by atoms with Crippen LogP contribution in [0.15, 0.2) is 30.3 Å². The molecule has 0 aliphatic heterocycles. The van der Waals surface area contributed by atoms with Crippen molar-refractivity contribution in [2.45, 2.75) is 32.7 Å². The Morgan fingerprint density at radius 3 is 2.70 bits per heavy atom. The van der Waals surface area contributed by atoms with Crippen LogP contribution in [0.25, 0.3) is 10.4 Å². The molecule has 108 valence electrons. The maximum atomic E-state index is 13.4. The average molecular weight is 312 g/mol. The monoisotopic (exact) mass is 311 g/mol. The molecule has 20 heavy (non-hydrogen) atoms. The highest BCUT2D eigenvalue weighted by Gasteiger charge is 2.12. The maximum Gasteiger partial charge on any atom is 0.125 e. The van der Waals surface area contributed by atoms with E-state index in [9.17, 15) is 4.39 Å². The second-order valence-electron chi connectivity index (χ2n) is 4.78. The summed E-state index contributed by atoms with van der Waals surface area (Å²) in [4.78, 5) is 2.34. The third-order valence-corrected chi connectivity index (χ3v) is 4.63. The summed E-state index contributed by atoms with van der Waals surface area (Å²) in [6.07, 6.45) is 2.16. The molecule has 1 atom stereocenters. The van der Waals surface area contributed by atoms with Gasteiger partial charge in [-0.3, -0.25) is 0 Å². The molecule has 2 rings (SSSR count). The van der Waals surface area contributed by atoms with Crippen molar-refractivity contribution in [3.8, 4) is 10.4 Å². The Hall–Kier alpha value is -0.900. The van der Waals surface area contributed by atoms with Gasteiger partial charge in [-0.05, 0) is 55.3 Å². The molecule has 1 nitrogen and oxygen atoms in total. The summed E-state index contributed by atoms with van der Waals surface area (Å²) in [5.41, 5.74) is 0.844. The van der Waals surface area contributed by atoms with Crippen LogP contribution in [0.5, 0.6) is 0 Å². The first-order chi connectivity index (χ1) is 9.63. The molecule has 4 heteroatoms. The van der Waals surface area contributed by atoms with Crippen LogP contribution in [0.1, 0.15) is 37.6 Å². The second-order valence-corrected chi connectivity index (χ2v) is 6.33. The summed E-state index contributed by atoms with van der Waals surface area (Å²) >= 11 is 7.62. The van der Waals surface area contributed by atoms with Crippen LogP contribution >= 0.6 is 22.9 Å². The minimum atomic E-state index is -0.293. The van der Waals surface area contributed by atoms with E-state index in [-0.39, 0.29) is 5.82 Å². The van der Waals surface area contributed by atoms with Gasteiger partial charge in [0.2, 0.25) is 0 Å². The third-order valence-electron chi connectivity index (χ3n) is 3.17. The Morgan fingerprint density at radius 2 is 2.05 bits per heavy atom. The molecule has 0 bridgehead atoms. The highest BCUT2D eigenvalue weighted by Crippen LogP contribution is 2.34. The highest BCUT2D eigenvalue weighted by molar-refractivity contribution is 7.15. The smallest absolute Gasteiger partial charge is 0.125 e. The number of hydrogen-bond acceptors (Lipinski definition) is 2. The fourth-order valence-electron chi connectivity index (χ4n) is 2.16. The van der Waals surface area contributed by atoms with Crippen LogP contribution in [-0.4, -0.2) is 6.54 Å². The summed E-state index contributed by atoms with van der Waals surface area (Å²) < 4.78 is 13.4. The van der Waals surface area contributed by atoms with Crippen LogP contribution in [-0.2, 0) is 0 Å². The Kier molecular flexibility index (Phi) is 5.58. The van der Waals surface area contributed by atoms with E-state index in [0.717, 1.165) is 29.8 Å². The molecule has 1 N–H and O–H groups in total. The molecule has 0 spiro atoms. The van der Waals surface area contributed by atoms with Crippen LogP contribution in [0, 0.1) is 5.82 Å². The number of hydrogen-bond donors (Lipinski definition) is 1. The number of nitrogens with one attached hydrogen (secondary N) is 1. The SMILES string of the molecule is CCCNC(CC)c1ccc(-c2cc(F)cc(Cl)c2)s1. The molecule has 0 aliphatic rings. The van der Waals surface area contributed by atoms with Crippen molar-refractivity contribution >= 4 is 22.9 Å². The van der Waals surface area contributed by atoms with Gasteiger partial charge in [0, 0.05) is 20.8 Å². The normalized spacial score (nSPS) is 12.6. The molecule has 1 aromatic carbocycles. The lowest BCUT2D eigenvalue weighted by molar-refractivity contribution is 0.525. The molecular formula is C16H19ClFNS. The van der Waals surface area contributed by atoms with Crippen LogP contribution in [0.3, 0.4) is 0 Å². The van der Waals surface area contributed by atoms with Gasteiger partial charge in [-0.1, -0.05) is 25.4 Å². The lowest BCUT2D eigenvalue weighted by Gasteiger charge is -2.14. The van der Waals surface area contributed by atoms with Crippen molar-refractivity contribution in [1.29, 1.82) is 0 Å². The Labute approximate surface area is 128 Å². The summed E-state index contributed by atoms with van der Waals surface area (Å²) in [5, 5.41) is 3.97. The van der Waals surface area contributed by atoms with Crippen LogP contribution in [0.4, 0.5) is 4.39 Å². The summed E-state index contributed by atoms with van der Waals surface area (Å²) in [7, 11) is 0. The van der Waals surface area contributed by atoms with Gasteiger partial charge in [0.05, 0.1) is 0 Å². The molecule has 0 amide bonds. The van der Waals surface area contributed by atoms with Gasteiger partial charge >= 0.3 is 0 Å². The molecule has 1 heterocycles. The molecule has 1 unspecified atom stereocenters. The molecule has 0 aliphatic carbocycles. The minimum absolute atomic E-state index is 0.293. The maximum absolute atomic E-state index is 13.4. The largest absolute Gasteiger partial charge is 0.309 e. The standard InChI is InChI=1S/C16H19ClFNS/c1-3-7-19-14(4-2)16-6-5-15(20-16)11-8-12(17)10-13(18)9-11/h5-6,8-10,14,19H,3-4,7H2,1-2H3. The van der Waals surface area contributed by atoms with E-state index in [2.05, 4.69) is 25.2 Å². The first-order valence-electron chi connectivity index (χ1n) is 6.93. The molecule has 2 aromatic rings. The quantitative estimate of drug-likeness (QED) is 0.726. The average Bonchev–Trinajstić information content (AvgIpc) is 2.88. The first-order valence-corrected chi connectivity index (χ1v) is 8.13. The second kappa shape index (κ2) is 7.21. The highest BCUT2D eigenvalue weighted by atomic mass is 35.5. The number of benzene rings is 1. The molecule has 1 aromatic heterocycles. The van der Waals surface area contributed by atoms with Gasteiger partial charge in [-0.15, -0.1) is 11.3 Å². The zero-order chi connectivity index (χ0) is 14.5. The minimum Gasteiger partial charge on any atom is -0.309 e. The van der Waals surface area contributed by atoms with E-state index >= 15 is 0 Å². The van der Waals surface area contributed by atoms with Crippen molar-refractivity contribution in [3.05, 3.63) is 46.0 Å². The summed E-state index contributed by atoms with van der Waals surface area (Å²) in [6, 6.07) is 9.20. The van der Waals surface area contributed by atoms with Gasteiger partial charge in [0.1, 0.15) is 5.82 Å². The molecule has 0 saturated heterocycles. The van der Waals surface area contributed by atoms with E-state index in [1.165, 1.54) is 17.0 Å². The van der Waals surface area contributed by atoms with Crippen molar-refractivity contribution in [1.82, 2.24) is 5.32 Å². The van der Waals surface area contributed by atoms with Crippen molar-refractivity contribution in [2.24, 2.45) is 0 Å². The number of halogens is 2. The lowest BCUT2D eigenvalue weighted by atomic mass is 10.1.